The first kappa shape index (κ1) is 5.52. The fourth-order valence-corrected chi connectivity index (χ4v) is 0.118. The van der Waals surface area contributed by atoms with Gasteiger partial charge in [-0.25, -0.2) is 0 Å². The molecule has 34 valence electrons. The minimum atomic E-state index is -0.537. The van der Waals surface area contributed by atoms with Gasteiger partial charge in [0, 0.05) is 0 Å². The van der Waals surface area contributed by atoms with E-state index in [4.69, 9.17) is 11.5 Å². The van der Waals surface area contributed by atoms with Crippen LogP contribution in [-0.2, 0) is 0 Å². The van der Waals surface area contributed by atoms with Crippen LogP contribution in [0.5, 0.6) is 0 Å². The summed E-state index contributed by atoms with van der Waals surface area (Å²) in [4.78, 5) is 0. The summed E-state index contributed by atoms with van der Waals surface area (Å²) in [6.07, 6.45) is 4.89. The number of terminal acetylenes is 1. The van der Waals surface area contributed by atoms with Gasteiger partial charge in [-0.15, -0.1) is 6.42 Å². The molecule has 1 unspecified atom stereocenters. The third-order valence-electron chi connectivity index (χ3n) is 0.579. The zero-order valence-electron chi connectivity index (χ0n) is 3.81. The lowest BCUT2D eigenvalue weighted by Crippen LogP contribution is -1.97. The molecule has 0 aromatic heterocycles. The fraction of sp³-hybridized carbons (Fsp3) is 0.600. The molecule has 0 saturated heterocycles. The fourth-order valence-electron chi connectivity index (χ4n) is 0.118. The van der Waals surface area contributed by atoms with Crippen LogP contribution in [-0.4, -0.2) is 11.2 Å². The molecule has 0 aliphatic rings. The van der Waals surface area contributed by atoms with E-state index < -0.39 is 6.10 Å². The van der Waals surface area contributed by atoms with Crippen molar-refractivity contribution < 1.29 is 5.11 Å². The van der Waals surface area contributed by atoms with Crippen molar-refractivity contribution in [2.45, 2.75) is 19.4 Å². The molecule has 0 fully saturated rings. The van der Waals surface area contributed by atoms with E-state index in [0.29, 0.717) is 6.42 Å². The summed E-state index contributed by atoms with van der Waals surface area (Å²) >= 11 is 0. The second-order valence-corrected chi connectivity index (χ2v) is 1.09. The van der Waals surface area contributed by atoms with Crippen molar-refractivity contribution in [3.8, 4) is 12.3 Å². The molecule has 0 radical (unpaired) electrons. The quantitative estimate of drug-likeness (QED) is 0.456. The highest BCUT2D eigenvalue weighted by atomic mass is 16.3. The third kappa shape index (κ3) is 1.80. The Morgan fingerprint density at radius 1 is 2.00 bits per heavy atom. The molecule has 0 rings (SSSR count). The maximum atomic E-state index is 8.43. The maximum absolute atomic E-state index is 8.43. The third-order valence-corrected chi connectivity index (χ3v) is 0.579. The highest BCUT2D eigenvalue weighted by molar-refractivity contribution is 4.91. The summed E-state index contributed by atoms with van der Waals surface area (Å²) < 4.78 is 0. The smallest absolute Gasteiger partial charge is 0.114 e. The first-order valence-corrected chi connectivity index (χ1v) is 1.95. The van der Waals surface area contributed by atoms with E-state index in [2.05, 4.69) is 5.92 Å². The SMILES string of the molecule is C#CC(O)CC. The molecule has 0 bridgehead atoms. The van der Waals surface area contributed by atoms with Crippen molar-refractivity contribution >= 4 is 0 Å². The van der Waals surface area contributed by atoms with E-state index >= 15 is 0 Å². The molecular weight excluding hydrogens is 76.1 g/mol. The molecular formula is C5H8O. The summed E-state index contributed by atoms with van der Waals surface area (Å²) in [5.74, 6) is 2.17. The average Bonchev–Trinajstić information content (AvgIpc) is 1.65. The van der Waals surface area contributed by atoms with Crippen LogP contribution in [0.1, 0.15) is 13.3 Å². The Labute approximate surface area is 38.0 Å². The minimum absolute atomic E-state index is 0.537. The highest BCUT2D eigenvalue weighted by Gasteiger charge is 1.86. The Morgan fingerprint density at radius 3 is 2.50 bits per heavy atom. The standard InChI is InChI=1S/C5H8O/c1-3-5(6)4-2/h1,5-6H,4H2,2H3. The van der Waals surface area contributed by atoms with Crippen LogP contribution >= 0.6 is 0 Å². The molecule has 0 spiro atoms. The largest absolute Gasteiger partial charge is 0.380 e. The van der Waals surface area contributed by atoms with Crippen molar-refractivity contribution in [1.82, 2.24) is 0 Å². The normalized spacial score (nSPS) is 12.8. The number of hydrogen-bond acceptors (Lipinski definition) is 1. The predicted octanol–water partition coefficient (Wildman–Crippen LogP) is 0.391. The van der Waals surface area contributed by atoms with E-state index in [0.717, 1.165) is 0 Å². The van der Waals surface area contributed by atoms with Crippen LogP contribution in [0, 0.1) is 12.3 Å². The molecule has 0 saturated carbocycles. The minimum Gasteiger partial charge on any atom is -0.380 e. The van der Waals surface area contributed by atoms with E-state index in [1.807, 2.05) is 6.92 Å². The Bertz CT molecular complexity index is 60.8. The summed E-state index contributed by atoms with van der Waals surface area (Å²) in [7, 11) is 0. The van der Waals surface area contributed by atoms with Gasteiger partial charge in [0.25, 0.3) is 0 Å². The molecule has 0 aliphatic carbocycles. The molecule has 0 aliphatic heterocycles. The van der Waals surface area contributed by atoms with Crippen molar-refractivity contribution in [2.75, 3.05) is 0 Å². The molecule has 6 heavy (non-hydrogen) atoms. The first-order valence-electron chi connectivity index (χ1n) is 1.95. The van der Waals surface area contributed by atoms with Crippen LogP contribution in [0.4, 0.5) is 0 Å². The Hall–Kier alpha value is -0.480. The van der Waals surface area contributed by atoms with E-state index in [9.17, 15) is 0 Å². The second kappa shape index (κ2) is 2.74. The summed E-state index contributed by atoms with van der Waals surface area (Å²) in [6.45, 7) is 1.84. The zero-order chi connectivity index (χ0) is 4.99. The summed E-state index contributed by atoms with van der Waals surface area (Å²) in [6, 6.07) is 0. The van der Waals surface area contributed by atoms with Gasteiger partial charge in [0.1, 0.15) is 6.10 Å². The number of rotatable bonds is 1. The Kier molecular flexibility index (Phi) is 2.52. The van der Waals surface area contributed by atoms with Crippen LogP contribution in [0.2, 0.25) is 0 Å². The molecule has 1 heteroatoms. The zero-order valence-corrected chi connectivity index (χ0v) is 3.81. The average molecular weight is 84.1 g/mol. The highest BCUT2D eigenvalue weighted by Crippen LogP contribution is 1.82. The van der Waals surface area contributed by atoms with Gasteiger partial charge in [-0.2, -0.15) is 0 Å². The maximum Gasteiger partial charge on any atom is 0.114 e. The second-order valence-electron chi connectivity index (χ2n) is 1.09. The van der Waals surface area contributed by atoms with Crippen molar-refractivity contribution in [2.24, 2.45) is 0 Å². The monoisotopic (exact) mass is 84.1 g/mol. The van der Waals surface area contributed by atoms with Crippen molar-refractivity contribution in [1.29, 1.82) is 0 Å². The van der Waals surface area contributed by atoms with Gasteiger partial charge in [0.05, 0.1) is 0 Å². The number of aliphatic hydroxyl groups excluding tert-OH is 1. The lowest BCUT2D eigenvalue weighted by Gasteiger charge is -1.90. The Balaban J connectivity index is 3.04. The molecule has 0 aromatic rings. The molecule has 0 heterocycles. The first-order chi connectivity index (χ1) is 2.81. The van der Waals surface area contributed by atoms with Gasteiger partial charge in [0.2, 0.25) is 0 Å². The molecule has 0 amide bonds. The van der Waals surface area contributed by atoms with Gasteiger partial charge >= 0.3 is 0 Å². The van der Waals surface area contributed by atoms with E-state index in [1.54, 1.807) is 0 Å². The molecule has 0 aromatic carbocycles. The lowest BCUT2D eigenvalue weighted by molar-refractivity contribution is 0.228. The van der Waals surface area contributed by atoms with Gasteiger partial charge in [-0.3, -0.25) is 0 Å². The van der Waals surface area contributed by atoms with Gasteiger partial charge in [-0.1, -0.05) is 12.8 Å². The predicted molar refractivity (Wildman–Crippen MR) is 25.1 cm³/mol. The van der Waals surface area contributed by atoms with Crippen LogP contribution in [0.3, 0.4) is 0 Å². The van der Waals surface area contributed by atoms with Gasteiger partial charge in [-0.05, 0) is 6.42 Å². The van der Waals surface area contributed by atoms with Gasteiger partial charge in [0.15, 0.2) is 0 Å². The number of aliphatic hydroxyl groups is 1. The number of hydrogen-bond donors (Lipinski definition) is 1. The molecule has 1 N–H and O–H groups in total. The summed E-state index contributed by atoms with van der Waals surface area (Å²) in [5.41, 5.74) is 0. The van der Waals surface area contributed by atoms with Crippen LogP contribution < -0.4 is 0 Å². The lowest BCUT2D eigenvalue weighted by atomic mass is 10.3. The van der Waals surface area contributed by atoms with Crippen molar-refractivity contribution in [3.63, 3.8) is 0 Å². The topological polar surface area (TPSA) is 20.2 Å². The Morgan fingerprint density at radius 2 is 2.50 bits per heavy atom. The van der Waals surface area contributed by atoms with Crippen molar-refractivity contribution in [3.05, 3.63) is 0 Å². The molecule has 1 atom stereocenters. The summed E-state index contributed by atoms with van der Waals surface area (Å²) in [5, 5.41) is 8.43. The van der Waals surface area contributed by atoms with E-state index in [1.165, 1.54) is 0 Å². The van der Waals surface area contributed by atoms with Gasteiger partial charge < -0.3 is 5.11 Å². The van der Waals surface area contributed by atoms with Crippen LogP contribution in [0.25, 0.3) is 0 Å². The van der Waals surface area contributed by atoms with E-state index in [-0.39, 0.29) is 0 Å². The van der Waals surface area contributed by atoms with Crippen LogP contribution in [0.15, 0.2) is 0 Å². The molecule has 1 nitrogen and oxygen atoms in total.